The second-order valence-electron chi connectivity index (χ2n) is 4.26. The van der Waals surface area contributed by atoms with Crippen LogP contribution in [0.25, 0.3) is 0 Å². The largest absolute Gasteiger partial charge is 0.269 e. The summed E-state index contributed by atoms with van der Waals surface area (Å²) in [7, 11) is -3.35. The van der Waals surface area contributed by atoms with Crippen LogP contribution >= 0.6 is 0 Å². The van der Waals surface area contributed by atoms with Gasteiger partial charge in [-0.2, -0.15) is 10.2 Å². The molecule has 0 spiro atoms. The monoisotopic (exact) mass is 264 g/mol. The summed E-state index contributed by atoms with van der Waals surface area (Å²) in [5.74, 6) is 0.408. The molecular formula is C11H12N4O2S. The van der Waals surface area contributed by atoms with E-state index >= 15 is 0 Å². The zero-order chi connectivity index (χ0) is 12.6. The fourth-order valence-electron chi connectivity index (χ4n) is 2.06. The van der Waals surface area contributed by atoms with Crippen molar-refractivity contribution in [1.82, 2.24) is 4.72 Å². The van der Waals surface area contributed by atoms with Gasteiger partial charge in [-0.15, -0.1) is 0 Å². The number of hydrogen-bond acceptors (Lipinski definition) is 5. The van der Waals surface area contributed by atoms with Gasteiger partial charge >= 0.3 is 0 Å². The third kappa shape index (κ3) is 1.90. The standard InChI is InChI=1S/C11H12N4O2S/c16-18(17)9-7-13-14-10(9)11(15-18)12-6-8-4-2-1-3-5-8/h1-5,9-10H,6-7H2,(H,12,15). The van der Waals surface area contributed by atoms with E-state index < -0.39 is 21.3 Å². The van der Waals surface area contributed by atoms with Crippen molar-refractivity contribution in [2.24, 2.45) is 15.2 Å². The topological polar surface area (TPSA) is 83.2 Å². The van der Waals surface area contributed by atoms with Crippen LogP contribution in [0.3, 0.4) is 0 Å². The van der Waals surface area contributed by atoms with Crippen LogP contribution in [0.2, 0.25) is 0 Å². The van der Waals surface area contributed by atoms with Crippen LogP contribution in [-0.4, -0.2) is 32.1 Å². The number of hydrogen-bond donors (Lipinski definition) is 1. The maximum Gasteiger partial charge on any atom is 0.241 e. The summed E-state index contributed by atoms with van der Waals surface area (Å²) < 4.78 is 26.0. The predicted octanol–water partition coefficient (Wildman–Crippen LogP) is 0.721. The molecular weight excluding hydrogens is 252 g/mol. The van der Waals surface area contributed by atoms with Gasteiger partial charge < -0.3 is 0 Å². The normalized spacial score (nSPS) is 30.3. The number of rotatable bonds is 2. The van der Waals surface area contributed by atoms with Crippen molar-refractivity contribution in [2.45, 2.75) is 17.8 Å². The lowest BCUT2D eigenvalue weighted by Crippen LogP contribution is -2.26. The third-order valence-corrected chi connectivity index (χ3v) is 4.72. The summed E-state index contributed by atoms with van der Waals surface area (Å²) in [6.07, 6.45) is 0. The second kappa shape index (κ2) is 4.16. The first-order chi connectivity index (χ1) is 8.67. The lowest BCUT2D eigenvalue weighted by atomic mass is 10.2. The molecule has 2 heterocycles. The Morgan fingerprint density at radius 1 is 1.33 bits per heavy atom. The Balaban J connectivity index is 1.83. The lowest BCUT2D eigenvalue weighted by Gasteiger charge is -2.01. The molecule has 1 fully saturated rings. The van der Waals surface area contributed by atoms with E-state index in [-0.39, 0.29) is 6.54 Å². The summed E-state index contributed by atoms with van der Waals surface area (Å²) in [6, 6.07) is 9.22. The van der Waals surface area contributed by atoms with Crippen LogP contribution < -0.4 is 4.72 Å². The first kappa shape index (κ1) is 11.3. The molecule has 1 N–H and O–H groups in total. The van der Waals surface area contributed by atoms with Crippen molar-refractivity contribution in [2.75, 3.05) is 6.54 Å². The van der Waals surface area contributed by atoms with Gasteiger partial charge in [0.1, 0.15) is 17.1 Å². The highest BCUT2D eigenvalue weighted by molar-refractivity contribution is 7.91. The van der Waals surface area contributed by atoms with E-state index in [0.29, 0.717) is 12.4 Å². The van der Waals surface area contributed by atoms with Crippen molar-refractivity contribution < 1.29 is 8.42 Å². The summed E-state index contributed by atoms with van der Waals surface area (Å²) >= 11 is 0. The molecule has 0 bridgehead atoms. The highest BCUT2D eigenvalue weighted by Crippen LogP contribution is 2.23. The molecule has 1 aromatic rings. The number of benzene rings is 1. The molecule has 2 aliphatic rings. The third-order valence-electron chi connectivity index (χ3n) is 3.02. The predicted molar refractivity (Wildman–Crippen MR) is 66.9 cm³/mol. The van der Waals surface area contributed by atoms with Gasteiger partial charge in [0.05, 0.1) is 13.1 Å². The van der Waals surface area contributed by atoms with E-state index in [4.69, 9.17) is 0 Å². The number of aliphatic imine (C=N–C) groups is 1. The van der Waals surface area contributed by atoms with E-state index in [1.165, 1.54) is 0 Å². The molecule has 0 aromatic heterocycles. The fraction of sp³-hybridized carbons (Fsp3) is 0.364. The van der Waals surface area contributed by atoms with Crippen LogP contribution in [0.4, 0.5) is 0 Å². The number of amidine groups is 1. The Labute approximate surface area is 105 Å². The van der Waals surface area contributed by atoms with Crippen LogP contribution in [0, 0.1) is 0 Å². The molecule has 2 unspecified atom stereocenters. The molecule has 1 aromatic carbocycles. The van der Waals surface area contributed by atoms with Gasteiger partial charge in [-0.05, 0) is 5.56 Å². The minimum Gasteiger partial charge on any atom is -0.269 e. The Morgan fingerprint density at radius 3 is 2.89 bits per heavy atom. The fourth-order valence-corrected chi connectivity index (χ4v) is 3.47. The summed E-state index contributed by atoms with van der Waals surface area (Å²) in [5, 5.41) is 7.16. The number of nitrogens with one attached hydrogen (secondary N) is 1. The molecule has 0 amide bonds. The Morgan fingerprint density at radius 2 is 2.11 bits per heavy atom. The maximum atomic E-state index is 11.8. The molecule has 2 aliphatic heterocycles. The number of nitrogens with zero attached hydrogens (tertiary/aromatic N) is 3. The van der Waals surface area contributed by atoms with Crippen molar-refractivity contribution >= 4 is 15.9 Å². The van der Waals surface area contributed by atoms with E-state index in [2.05, 4.69) is 19.9 Å². The van der Waals surface area contributed by atoms with Gasteiger partial charge in [-0.3, -0.25) is 9.71 Å². The van der Waals surface area contributed by atoms with Crippen LogP contribution in [0.1, 0.15) is 5.56 Å². The van der Waals surface area contributed by atoms with E-state index in [9.17, 15) is 8.42 Å². The first-order valence-corrected chi connectivity index (χ1v) is 7.18. The number of sulfonamides is 1. The molecule has 18 heavy (non-hydrogen) atoms. The van der Waals surface area contributed by atoms with Gasteiger partial charge in [0.25, 0.3) is 0 Å². The maximum absolute atomic E-state index is 11.8. The first-order valence-electron chi connectivity index (χ1n) is 5.63. The highest BCUT2D eigenvalue weighted by atomic mass is 32.2. The molecule has 1 saturated heterocycles. The summed E-state index contributed by atoms with van der Waals surface area (Å²) in [5.41, 5.74) is 1.03. The summed E-state index contributed by atoms with van der Waals surface area (Å²) in [4.78, 5) is 4.30. The van der Waals surface area contributed by atoms with Gasteiger partial charge in [-0.1, -0.05) is 30.3 Å². The van der Waals surface area contributed by atoms with E-state index in [1.807, 2.05) is 30.3 Å². The van der Waals surface area contributed by atoms with Crippen LogP contribution in [0.15, 0.2) is 45.6 Å². The SMILES string of the molecule is O=S1(=O)NC(=NCc2ccccc2)C2N=NCC21. The average molecular weight is 264 g/mol. The molecule has 94 valence electrons. The Hall–Kier alpha value is -1.76. The van der Waals surface area contributed by atoms with Crippen molar-refractivity contribution in [1.29, 1.82) is 0 Å². The van der Waals surface area contributed by atoms with Crippen LogP contribution in [-0.2, 0) is 16.6 Å². The molecule has 3 rings (SSSR count). The van der Waals surface area contributed by atoms with Crippen molar-refractivity contribution in [3.8, 4) is 0 Å². The van der Waals surface area contributed by atoms with Crippen molar-refractivity contribution in [3.05, 3.63) is 35.9 Å². The molecule has 2 atom stereocenters. The smallest absolute Gasteiger partial charge is 0.241 e. The number of fused-ring (bicyclic) bond motifs is 1. The Bertz CT molecular complexity index is 609. The zero-order valence-corrected chi connectivity index (χ0v) is 10.3. The molecule has 0 radical (unpaired) electrons. The molecule has 6 nitrogen and oxygen atoms in total. The van der Waals surface area contributed by atoms with Gasteiger partial charge in [0, 0.05) is 0 Å². The van der Waals surface area contributed by atoms with Crippen molar-refractivity contribution in [3.63, 3.8) is 0 Å². The number of azo groups is 1. The molecule has 0 saturated carbocycles. The quantitative estimate of drug-likeness (QED) is 0.853. The van der Waals surface area contributed by atoms with E-state index in [0.717, 1.165) is 5.56 Å². The van der Waals surface area contributed by atoms with Gasteiger partial charge in [0.15, 0.2) is 0 Å². The summed E-state index contributed by atoms with van der Waals surface area (Å²) in [6.45, 7) is 0.668. The minimum absolute atomic E-state index is 0.227. The zero-order valence-electron chi connectivity index (χ0n) is 9.52. The average Bonchev–Trinajstić information content (AvgIpc) is 2.92. The highest BCUT2D eigenvalue weighted by Gasteiger charge is 2.47. The molecule has 0 aliphatic carbocycles. The lowest BCUT2D eigenvalue weighted by molar-refractivity contribution is 0.585. The van der Waals surface area contributed by atoms with E-state index in [1.54, 1.807) is 0 Å². The van der Waals surface area contributed by atoms with Crippen LogP contribution in [0.5, 0.6) is 0 Å². The van der Waals surface area contributed by atoms with Gasteiger partial charge in [0.2, 0.25) is 10.0 Å². The Kier molecular flexibility index (Phi) is 2.62. The second-order valence-corrected chi connectivity index (χ2v) is 6.16. The molecule has 7 heteroatoms. The van der Waals surface area contributed by atoms with Gasteiger partial charge in [-0.25, -0.2) is 8.42 Å². The minimum atomic E-state index is -3.35.